The molecular weight excluding hydrogens is 144 g/mol. The topological polar surface area (TPSA) is 89.3 Å². The van der Waals surface area contributed by atoms with Gasteiger partial charge in [-0.15, -0.1) is 0 Å². The molecule has 0 aliphatic rings. The molecule has 0 amide bonds. The van der Waals surface area contributed by atoms with E-state index in [9.17, 15) is 4.79 Å². The zero-order chi connectivity index (χ0) is 9.28. The number of carbonyl (C=O) groups is 1. The minimum atomic E-state index is -0.713. The Morgan fingerprint density at radius 2 is 1.73 bits per heavy atom. The van der Waals surface area contributed by atoms with Crippen molar-refractivity contribution in [3.8, 4) is 0 Å². The molecule has 5 N–H and O–H groups in total. The normalized spacial score (nSPS) is 8.82. The second-order valence-electron chi connectivity index (χ2n) is 2.57. The molecule has 68 valence electrons. The van der Waals surface area contributed by atoms with Crippen molar-refractivity contribution >= 4 is 5.97 Å². The Hall–Kier alpha value is -0.610. The van der Waals surface area contributed by atoms with Gasteiger partial charge in [-0.05, 0) is 5.92 Å². The predicted molar refractivity (Wildman–Crippen MR) is 45.2 cm³/mol. The minimum Gasteiger partial charge on any atom is -0.481 e. The summed E-state index contributed by atoms with van der Waals surface area (Å²) in [5.41, 5.74) is 9.81. The van der Waals surface area contributed by atoms with Crippen molar-refractivity contribution in [3.63, 3.8) is 0 Å². The molecule has 0 saturated heterocycles. The van der Waals surface area contributed by atoms with E-state index in [1.54, 1.807) is 0 Å². The fourth-order valence-electron chi connectivity index (χ4n) is 0.349. The molecule has 0 bridgehead atoms. The van der Waals surface area contributed by atoms with Gasteiger partial charge in [0.15, 0.2) is 0 Å². The van der Waals surface area contributed by atoms with Gasteiger partial charge in [-0.1, -0.05) is 13.8 Å². The van der Waals surface area contributed by atoms with Crippen molar-refractivity contribution in [2.45, 2.75) is 20.3 Å². The van der Waals surface area contributed by atoms with Crippen molar-refractivity contribution in [2.24, 2.45) is 17.4 Å². The summed E-state index contributed by atoms with van der Waals surface area (Å²) < 4.78 is 0. The van der Waals surface area contributed by atoms with Gasteiger partial charge < -0.3 is 16.6 Å². The average molecular weight is 162 g/mol. The molecule has 0 saturated carbocycles. The summed E-state index contributed by atoms with van der Waals surface area (Å²) >= 11 is 0. The molecule has 0 unspecified atom stereocenters. The smallest absolute Gasteiger partial charge is 0.303 e. The van der Waals surface area contributed by atoms with Gasteiger partial charge in [-0.3, -0.25) is 4.79 Å². The van der Waals surface area contributed by atoms with E-state index in [1.165, 1.54) is 0 Å². The number of rotatable bonds is 3. The van der Waals surface area contributed by atoms with Crippen LogP contribution < -0.4 is 11.5 Å². The summed E-state index contributed by atoms with van der Waals surface area (Å²) in [6.07, 6.45) is 0.278. The lowest BCUT2D eigenvalue weighted by atomic mass is 10.1. The first-order chi connectivity index (χ1) is 5.04. The van der Waals surface area contributed by atoms with Gasteiger partial charge in [0, 0.05) is 19.5 Å². The predicted octanol–water partition coefficient (Wildman–Crippen LogP) is 0.0209. The highest BCUT2D eigenvalue weighted by molar-refractivity contribution is 5.66. The van der Waals surface area contributed by atoms with E-state index in [0.717, 1.165) is 0 Å². The molecule has 0 radical (unpaired) electrons. The summed E-state index contributed by atoms with van der Waals surface area (Å²) in [5.74, 6) is -0.438. The lowest BCUT2D eigenvalue weighted by molar-refractivity contribution is -0.137. The molecule has 0 aromatic carbocycles. The Labute approximate surface area is 67.6 Å². The Kier molecular flexibility index (Phi) is 11.1. The number of hydrogen-bond donors (Lipinski definition) is 3. The molecule has 0 rings (SSSR count). The summed E-state index contributed by atoms with van der Waals surface area (Å²) in [6.45, 7) is 4.96. The lowest BCUT2D eigenvalue weighted by Crippen LogP contribution is -2.11. The average Bonchev–Trinajstić information content (AvgIpc) is 1.85. The maximum atomic E-state index is 9.81. The molecule has 0 heterocycles. The largest absolute Gasteiger partial charge is 0.481 e. The quantitative estimate of drug-likeness (QED) is 0.545. The van der Waals surface area contributed by atoms with Crippen molar-refractivity contribution < 1.29 is 9.90 Å². The van der Waals surface area contributed by atoms with Crippen LogP contribution in [0.2, 0.25) is 0 Å². The first kappa shape index (κ1) is 13.0. The number of aliphatic carboxylic acids is 1. The third-order valence-electron chi connectivity index (χ3n) is 0.750. The maximum Gasteiger partial charge on any atom is 0.303 e. The van der Waals surface area contributed by atoms with Crippen LogP contribution in [0.5, 0.6) is 0 Å². The van der Waals surface area contributed by atoms with Crippen LogP contribution in [0.3, 0.4) is 0 Å². The van der Waals surface area contributed by atoms with Gasteiger partial charge in [-0.25, -0.2) is 0 Å². The molecular formula is C7H18N2O2. The summed E-state index contributed by atoms with van der Waals surface area (Å²) in [7, 11) is 0. The highest BCUT2D eigenvalue weighted by atomic mass is 16.4. The number of hydrogen-bond acceptors (Lipinski definition) is 3. The Balaban J connectivity index is 0. The molecule has 0 atom stereocenters. The van der Waals surface area contributed by atoms with E-state index in [4.69, 9.17) is 16.6 Å². The lowest BCUT2D eigenvalue weighted by Gasteiger charge is -1.94. The van der Waals surface area contributed by atoms with Gasteiger partial charge in [0.25, 0.3) is 0 Å². The number of carboxylic acid groups (broad SMARTS) is 1. The van der Waals surface area contributed by atoms with Crippen LogP contribution in [-0.2, 0) is 4.79 Å². The van der Waals surface area contributed by atoms with E-state index < -0.39 is 5.97 Å². The first-order valence-corrected chi connectivity index (χ1v) is 3.66. The Bertz CT molecular complexity index is 92.4. The van der Waals surface area contributed by atoms with E-state index in [-0.39, 0.29) is 12.3 Å². The van der Waals surface area contributed by atoms with Crippen LogP contribution in [0.25, 0.3) is 0 Å². The molecule has 0 spiro atoms. The molecule has 4 nitrogen and oxygen atoms in total. The van der Waals surface area contributed by atoms with Crippen molar-refractivity contribution in [1.29, 1.82) is 0 Å². The number of carboxylic acids is 1. The van der Waals surface area contributed by atoms with E-state index in [0.29, 0.717) is 13.1 Å². The highest BCUT2D eigenvalue weighted by Gasteiger charge is 1.98. The molecule has 11 heavy (non-hydrogen) atoms. The molecule has 0 aliphatic carbocycles. The van der Waals surface area contributed by atoms with Gasteiger partial charge in [0.2, 0.25) is 0 Å². The van der Waals surface area contributed by atoms with E-state index in [2.05, 4.69) is 0 Å². The van der Waals surface area contributed by atoms with Crippen molar-refractivity contribution in [2.75, 3.05) is 13.1 Å². The third kappa shape index (κ3) is 26.6. The molecule has 0 fully saturated rings. The van der Waals surface area contributed by atoms with Gasteiger partial charge in [0.05, 0.1) is 0 Å². The maximum absolute atomic E-state index is 9.81. The number of nitrogens with two attached hydrogens (primary N) is 2. The molecule has 0 aromatic heterocycles. The Morgan fingerprint density at radius 3 is 1.73 bits per heavy atom. The summed E-state index contributed by atoms with van der Waals surface area (Å²) in [4.78, 5) is 9.81. The van der Waals surface area contributed by atoms with Crippen LogP contribution in [-0.4, -0.2) is 24.2 Å². The van der Waals surface area contributed by atoms with Crippen molar-refractivity contribution in [3.05, 3.63) is 0 Å². The summed E-state index contributed by atoms with van der Waals surface area (Å²) in [6, 6.07) is 0. The first-order valence-electron chi connectivity index (χ1n) is 3.66. The van der Waals surface area contributed by atoms with Crippen LogP contribution in [0.15, 0.2) is 0 Å². The van der Waals surface area contributed by atoms with Crippen molar-refractivity contribution in [1.82, 2.24) is 0 Å². The third-order valence-corrected chi connectivity index (χ3v) is 0.750. The molecule has 0 aliphatic heterocycles. The summed E-state index contributed by atoms with van der Waals surface area (Å²) in [5, 5.41) is 8.08. The zero-order valence-corrected chi connectivity index (χ0v) is 7.21. The van der Waals surface area contributed by atoms with E-state index in [1.807, 2.05) is 13.8 Å². The monoisotopic (exact) mass is 162 g/mol. The fraction of sp³-hybridized carbons (Fsp3) is 0.857. The van der Waals surface area contributed by atoms with Crippen LogP contribution in [0, 0.1) is 5.92 Å². The molecule has 4 heteroatoms. The standard InChI is InChI=1S/C5H10O2.C2H8N2/c1-4(2)3-5(6)7;3-1-2-4/h4H,3H2,1-2H3,(H,6,7);1-4H2. The van der Waals surface area contributed by atoms with Gasteiger partial charge in [0.1, 0.15) is 0 Å². The Morgan fingerprint density at radius 1 is 1.36 bits per heavy atom. The van der Waals surface area contributed by atoms with Crippen LogP contribution >= 0.6 is 0 Å². The molecule has 0 aromatic rings. The second kappa shape index (κ2) is 9.39. The van der Waals surface area contributed by atoms with Gasteiger partial charge in [-0.2, -0.15) is 0 Å². The zero-order valence-electron chi connectivity index (χ0n) is 7.21. The van der Waals surface area contributed by atoms with Crippen LogP contribution in [0.1, 0.15) is 20.3 Å². The minimum absolute atomic E-state index is 0.275. The second-order valence-corrected chi connectivity index (χ2v) is 2.57. The van der Waals surface area contributed by atoms with E-state index >= 15 is 0 Å². The van der Waals surface area contributed by atoms with Crippen LogP contribution in [0.4, 0.5) is 0 Å². The fourth-order valence-corrected chi connectivity index (χ4v) is 0.349. The van der Waals surface area contributed by atoms with Gasteiger partial charge >= 0.3 is 5.97 Å². The highest BCUT2D eigenvalue weighted by Crippen LogP contribution is 1.96. The SMILES string of the molecule is CC(C)CC(=O)O.NCCN.